The highest BCUT2D eigenvalue weighted by molar-refractivity contribution is 5.03. The minimum atomic E-state index is 0.227. The molecule has 0 spiro atoms. The van der Waals surface area contributed by atoms with Crippen LogP contribution in [0.3, 0.4) is 0 Å². The van der Waals surface area contributed by atoms with Crippen LogP contribution in [0.15, 0.2) is 0 Å². The van der Waals surface area contributed by atoms with Gasteiger partial charge in [-0.1, -0.05) is 0 Å². The number of piperazine rings is 1. The third-order valence-corrected chi connectivity index (χ3v) is 4.91. The standard InChI is InChI=1S/C14H30N4/c1-12(2)17-6-5-14(10-15,11-17)18-8-7-16(4)9-13(18)3/h12-13H,5-11,15H2,1-4H3. The number of nitrogens with two attached hydrogens (primary N) is 1. The van der Waals surface area contributed by atoms with Gasteiger partial charge >= 0.3 is 0 Å². The van der Waals surface area contributed by atoms with E-state index < -0.39 is 0 Å². The topological polar surface area (TPSA) is 35.7 Å². The van der Waals surface area contributed by atoms with Crippen molar-refractivity contribution in [3.05, 3.63) is 0 Å². The highest BCUT2D eigenvalue weighted by Crippen LogP contribution is 2.31. The van der Waals surface area contributed by atoms with E-state index in [2.05, 4.69) is 42.5 Å². The zero-order valence-electron chi connectivity index (χ0n) is 12.5. The molecule has 2 aliphatic rings. The second-order valence-electron chi connectivity index (χ2n) is 6.55. The predicted octanol–water partition coefficient (Wildman–Crippen LogP) is 0.434. The van der Waals surface area contributed by atoms with Crippen LogP contribution in [0.4, 0.5) is 0 Å². The largest absolute Gasteiger partial charge is 0.329 e. The van der Waals surface area contributed by atoms with Crippen molar-refractivity contribution < 1.29 is 0 Å². The van der Waals surface area contributed by atoms with Gasteiger partial charge in [0.1, 0.15) is 0 Å². The van der Waals surface area contributed by atoms with Gasteiger partial charge in [0.15, 0.2) is 0 Å². The fraction of sp³-hybridized carbons (Fsp3) is 1.00. The third kappa shape index (κ3) is 2.57. The molecule has 0 aromatic heterocycles. The molecule has 0 aliphatic carbocycles. The lowest BCUT2D eigenvalue weighted by Gasteiger charge is -2.49. The van der Waals surface area contributed by atoms with E-state index in [4.69, 9.17) is 5.73 Å². The molecule has 0 saturated carbocycles. The lowest BCUT2D eigenvalue weighted by Crippen LogP contribution is -2.64. The van der Waals surface area contributed by atoms with Gasteiger partial charge in [-0.05, 0) is 34.2 Å². The summed E-state index contributed by atoms with van der Waals surface area (Å²) in [5, 5.41) is 0. The summed E-state index contributed by atoms with van der Waals surface area (Å²) in [4.78, 5) is 7.70. The van der Waals surface area contributed by atoms with Gasteiger partial charge in [0.05, 0.1) is 0 Å². The summed E-state index contributed by atoms with van der Waals surface area (Å²) < 4.78 is 0. The van der Waals surface area contributed by atoms with Crippen LogP contribution < -0.4 is 5.73 Å². The second kappa shape index (κ2) is 5.45. The van der Waals surface area contributed by atoms with Gasteiger partial charge < -0.3 is 10.6 Å². The number of rotatable bonds is 3. The van der Waals surface area contributed by atoms with Gasteiger partial charge in [-0.25, -0.2) is 0 Å². The van der Waals surface area contributed by atoms with Gasteiger partial charge in [-0.2, -0.15) is 0 Å². The quantitative estimate of drug-likeness (QED) is 0.792. The monoisotopic (exact) mass is 254 g/mol. The van der Waals surface area contributed by atoms with Crippen molar-refractivity contribution in [3.8, 4) is 0 Å². The lowest BCUT2D eigenvalue weighted by atomic mass is 9.93. The Morgan fingerprint density at radius 2 is 2.00 bits per heavy atom. The molecule has 2 atom stereocenters. The Morgan fingerprint density at radius 3 is 2.50 bits per heavy atom. The highest BCUT2D eigenvalue weighted by Gasteiger charge is 2.45. The highest BCUT2D eigenvalue weighted by atomic mass is 15.4. The molecule has 2 unspecified atom stereocenters. The van der Waals surface area contributed by atoms with Gasteiger partial charge in [0.25, 0.3) is 0 Å². The van der Waals surface area contributed by atoms with E-state index >= 15 is 0 Å². The normalized spacial score (nSPS) is 36.7. The average molecular weight is 254 g/mol. The van der Waals surface area contributed by atoms with Gasteiger partial charge in [0.2, 0.25) is 0 Å². The van der Waals surface area contributed by atoms with Gasteiger partial charge in [-0.3, -0.25) is 9.80 Å². The Balaban J connectivity index is 2.09. The van der Waals surface area contributed by atoms with Crippen molar-refractivity contribution in [1.82, 2.24) is 14.7 Å². The molecule has 18 heavy (non-hydrogen) atoms. The maximum Gasteiger partial charge on any atom is 0.0474 e. The van der Waals surface area contributed by atoms with Crippen LogP contribution in [0.1, 0.15) is 27.2 Å². The first-order valence-electron chi connectivity index (χ1n) is 7.38. The Bertz CT molecular complexity index is 281. The van der Waals surface area contributed by atoms with E-state index in [0.717, 1.165) is 13.1 Å². The Morgan fingerprint density at radius 1 is 1.28 bits per heavy atom. The lowest BCUT2D eigenvalue weighted by molar-refractivity contribution is 0.00638. The van der Waals surface area contributed by atoms with E-state index in [1.54, 1.807) is 0 Å². The molecule has 2 rings (SSSR count). The van der Waals surface area contributed by atoms with Crippen LogP contribution in [0.25, 0.3) is 0 Å². The first kappa shape index (κ1) is 14.3. The van der Waals surface area contributed by atoms with Crippen LogP contribution in [0, 0.1) is 0 Å². The molecular formula is C14H30N4. The van der Waals surface area contributed by atoms with Crippen molar-refractivity contribution in [1.29, 1.82) is 0 Å². The summed E-state index contributed by atoms with van der Waals surface area (Å²) in [5.41, 5.74) is 6.40. The van der Waals surface area contributed by atoms with Crippen LogP contribution in [-0.4, -0.2) is 78.6 Å². The minimum Gasteiger partial charge on any atom is -0.329 e. The van der Waals surface area contributed by atoms with Gasteiger partial charge in [-0.15, -0.1) is 0 Å². The van der Waals surface area contributed by atoms with Crippen molar-refractivity contribution in [2.24, 2.45) is 5.73 Å². The molecule has 4 nitrogen and oxygen atoms in total. The van der Waals surface area contributed by atoms with Crippen molar-refractivity contribution in [2.45, 2.75) is 44.8 Å². The molecule has 0 amide bonds. The molecule has 2 aliphatic heterocycles. The zero-order chi connectivity index (χ0) is 13.3. The summed E-state index contributed by atoms with van der Waals surface area (Å²) in [7, 11) is 2.22. The molecular weight excluding hydrogens is 224 g/mol. The number of likely N-dealkylation sites (tertiary alicyclic amines) is 1. The van der Waals surface area contributed by atoms with E-state index in [9.17, 15) is 0 Å². The second-order valence-corrected chi connectivity index (χ2v) is 6.55. The number of nitrogens with zero attached hydrogens (tertiary/aromatic N) is 3. The smallest absolute Gasteiger partial charge is 0.0474 e. The molecule has 4 heteroatoms. The van der Waals surface area contributed by atoms with Crippen LogP contribution in [-0.2, 0) is 0 Å². The summed E-state index contributed by atoms with van der Waals surface area (Å²) >= 11 is 0. The Hall–Kier alpha value is -0.160. The number of likely N-dealkylation sites (N-methyl/N-ethyl adjacent to an activating group) is 1. The molecule has 2 N–H and O–H groups in total. The molecule has 2 heterocycles. The average Bonchev–Trinajstić information content (AvgIpc) is 2.74. The van der Waals surface area contributed by atoms with Crippen molar-refractivity contribution in [2.75, 3.05) is 46.3 Å². The van der Waals surface area contributed by atoms with Crippen LogP contribution in [0.2, 0.25) is 0 Å². The van der Waals surface area contributed by atoms with Crippen molar-refractivity contribution in [3.63, 3.8) is 0 Å². The van der Waals surface area contributed by atoms with E-state index in [1.165, 1.54) is 32.6 Å². The number of hydrogen-bond acceptors (Lipinski definition) is 4. The minimum absolute atomic E-state index is 0.227. The Labute approximate surface area is 112 Å². The third-order valence-electron chi connectivity index (χ3n) is 4.91. The van der Waals surface area contributed by atoms with E-state index in [0.29, 0.717) is 12.1 Å². The molecule has 2 fully saturated rings. The summed E-state index contributed by atoms with van der Waals surface area (Å²) in [6, 6.07) is 1.26. The van der Waals surface area contributed by atoms with Gasteiger partial charge in [0, 0.05) is 56.9 Å². The van der Waals surface area contributed by atoms with Crippen molar-refractivity contribution >= 4 is 0 Å². The molecule has 0 aromatic carbocycles. The Kier molecular flexibility index (Phi) is 4.32. The zero-order valence-corrected chi connectivity index (χ0v) is 12.5. The molecule has 106 valence electrons. The fourth-order valence-electron chi connectivity index (χ4n) is 3.69. The molecule has 0 bridgehead atoms. The molecule has 0 radical (unpaired) electrons. The fourth-order valence-corrected chi connectivity index (χ4v) is 3.69. The van der Waals surface area contributed by atoms with Crippen LogP contribution >= 0.6 is 0 Å². The first-order valence-corrected chi connectivity index (χ1v) is 7.38. The van der Waals surface area contributed by atoms with E-state index in [-0.39, 0.29) is 5.54 Å². The van der Waals surface area contributed by atoms with Crippen LogP contribution in [0.5, 0.6) is 0 Å². The summed E-state index contributed by atoms with van der Waals surface area (Å²) in [5.74, 6) is 0. The maximum atomic E-state index is 6.18. The summed E-state index contributed by atoms with van der Waals surface area (Å²) in [6.45, 7) is 13.6. The maximum absolute atomic E-state index is 6.18. The SMILES string of the molecule is CC(C)N1CCC(CN)(N2CCN(C)CC2C)C1. The number of hydrogen-bond donors (Lipinski definition) is 1. The summed E-state index contributed by atoms with van der Waals surface area (Å²) in [6.07, 6.45) is 1.23. The predicted molar refractivity (Wildman–Crippen MR) is 76.8 cm³/mol. The molecule has 0 aromatic rings. The first-order chi connectivity index (χ1) is 8.48. The molecule has 2 saturated heterocycles. The van der Waals surface area contributed by atoms with E-state index in [1.807, 2.05) is 0 Å².